The van der Waals surface area contributed by atoms with Crippen LogP contribution in [0.15, 0.2) is 97.2 Å². The molecule has 1 N–H and O–H groups in total. The average Bonchev–Trinajstić information content (AvgIpc) is 3.64. The zero-order chi connectivity index (χ0) is 62.1. The Bertz CT molecular complexity index is 1780. The number of nitrogens with zero attached hydrogens (tertiary/aromatic N) is 1. The van der Waals surface area contributed by atoms with E-state index < -0.39 is 26.6 Å². The normalized spacial score (nSPS) is 14.1. The van der Waals surface area contributed by atoms with Gasteiger partial charge in [-0.3, -0.25) is 14.2 Å². The molecule has 492 valence electrons. The molecule has 0 fully saturated rings. The van der Waals surface area contributed by atoms with E-state index in [4.69, 9.17) is 13.8 Å². The molecule has 0 aliphatic rings. The Morgan fingerprint density at radius 1 is 0.412 bits per heavy atom. The van der Waals surface area contributed by atoms with E-state index in [-0.39, 0.29) is 24.9 Å². The molecular weight excluding hydrogens is 1070 g/mol. The molecule has 0 bridgehead atoms. The molecule has 3 unspecified atom stereocenters. The van der Waals surface area contributed by atoms with Crippen LogP contribution in [0.25, 0.3) is 0 Å². The Morgan fingerprint density at radius 3 is 1.09 bits per heavy atom. The van der Waals surface area contributed by atoms with Gasteiger partial charge in [-0.25, -0.2) is 0 Å². The highest BCUT2D eigenvalue weighted by Gasteiger charge is 2.27. The predicted octanol–water partition coefficient (Wildman–Crippen LogP) is 22.0. The number of phosphoric acid groups is 1. The number of carbonyl (C=O) groups is 2. The van der Waals surface area contributed by atoms with Crippen molar-refractivity contribution in [1.29, 1.82) is 0 Å². The van der Waals surface area contributed by atoms with E-state index in [9.17, 15) is 19.0 Å². The molecule has 0 heterocycles. The molecule has 0 saturated carbocycles. The van der Waals surface area contributed by atoms with E-state index in [1.54, 1.807) is 0 Å². The van der Waals surface area contributed by atoms with Gasteiger partial charge < -0.3 is 28.5 Å². The fourth-order valence-electron chi connectivity index (χ4n) is 9.98. The molecule has 0 aliphatic carbocycles. The Hall–Kier alpha value is -3.07. The molecule has 85 heavy (non-hydrogen) atoms. The van der Waals surface area contributed by atoms with Crippen molar-refractivity contribution in [3.63, 3.8) is 0 Å². The SMILES string of the molecule is CCCCC/C=C\C/C=C\C/C=C\C/C=C\CCCCCCCCCCCCCC(=O)NC(COP(=O)([O-])OCC[N+](C)(C)C)C(/C=C\CCCCCCCCCCC)OC(=O)CCCCCCCCCC/C=C\C/C=C\C/C=C\CCCCC. The van der Waals surface area contributed by atoms with Gasteiger partial charge in [-0.2, -0.15) is 0 Å². The first-order valence-electron chi connectivity index (χ1n) is 35.5. The van der Waals surface area contributed by atoms with Crippen molar-refractivity contribution in [1.82, 2.24) is 5.32 Å². The smallest absolute Gasteiger partial charge is 0.306 e. The van der Waals surface area contributed by atoms with Crippen LogP contribution in [-0.4, -0.2) is 69.4 Å². The third-order valence-electron chi connectivity index (χ3n) is 15.5. The zero-order valence-electron chi connectivity index (χ0n) is 56.3. The van der Waals surface area contributed by atoms with E-state index in [1.807, 2.05) is 33.3 Å². The monoisotopic (exact) mass is 1210 g/mol. The minimum atomic E-state index is -4.71. The fraction of sp³-hybridized carbons (Fsp3) is 0.760. The van der Waals surface area contributed by atoms with Crippen LogP contribution in [0.1, 0.15) is 316 Å². The van der Waals surface area contributed by atoms with Crippen molar-refractivity contribution in [3.8, 4) is 0 Å². The largest absolute Gasteiger partial charge is 0.756 e. The molecule has 0 aliphatic heterocycles. The predicted molar refractivity (Wildman–Crippen MR) is 367 cm³/mol. The minimum Gasteiger partial charge on any atom is -0.756 e. The second kappa shape index (κ2) is 63.9. The third-order valence-corrected chi connectivity index (χ3v) is 16.5. The van der Waals surface area contributed by atoms with Crippen LogP contribution in [-0.2, 0) is 27.9 Å². The summed E-state index contributed by atoms with van der Waals surface area (Å²) < 4.78 is 30.4. The fourth-order valence-corrected chi connectivity index (χ4v) is 10.7. The number of carbonyl (C=O) groups excluding carboxylic acids is 2. The van der Waals surface area contributed by atoms with Crippen LogP contribution in [0.2, 0.25) is 0 Å². The number of unbranched alkanes of at least 4 members (excludes halogenated alkanes) is 34. The van der Waals surface area contributed by atoms with Crippen LogP contribution in [0.3, 0.4) is 0 Å². The number of hydrogen-bond acceptors (Lipinski definition) is 7. The van der Waals surface area contributed by atoms with Gasteiger partial charge in [0.25, 0.3) is 7.82 Å². The van der Waals surface area contributed by atoms with E-state index >= 15 is 0 Å². The molecule has 3 atom stereocenters. The highest BCUT2D eigenvalue weighted by Crippen LogP contribution is 2.38. The van der Waals surface area contributed by atoms with Gasteiger partial charge in [0.2, 0.25) is 5.91 Å². The van der Waals surface area contributed by atoms with E-state index in [1.165, 1.54) is 173 Å². The van der Waals surface area contributed by atoms with Gasteiger partial charge in [0, 0.05) is 12.8 Å². The van der Waals surface area contributed by atoms with E-state index in [2.05, 4.69) is 111 Å². The quantitative estimate of drug-likeness (QED) is 0.0212. The maximum atomic E-state index is 13.6. The minimum absolute atomic E-state index is 0.0277. The Labute approximate surface area is 526 Å². The first kappa shape index (κ1) is 81.9. The number of nitrogens with one attached hydrogen (secondary N) is 1. The number of quaternary nitrogens is 1. The van der Waals surface area contributed by atoms with Crippen LogP contribution in [0, 0.1) is 0 Å². The molecule has 0 spiro atoms. The average molecular weight is 1210 g/mol. The van der Waals surface area contributed by atoms with E-state index in [0.717, 1.165) is 109 Å². The highest BCUT2D eigenvalue weighted by molar-refractivity contribution is 7.45. The summed E-state index contributed by atoms with van der Waals surface area (Å²) in [7, 11) is 1.17. The molecule has 0 aromatic heterocycles. The van der Waals surface area contributed by atoms with Crippen molar-refractivity contribution in [2.45, 2.75) is 328 Å². The Kier molecular flexibility index (Phi) is 61.6. The van der Waals surface area contributed by atoms with Gasteiger partial charge in [-0.05, 0) is 115 Å². The van der Waals surface area contributed by atoms with Crippen molar-refractivity contribution in [2.75, 3.05) is 40.9 Å². The first-order chi connectivity index (χ1) is 41.4. The molecule has 0 rings (SSSR count). The maximum absolute atomic E-state index is 13.6. The second-order valence-electron chi connectivity index (χ2n) is 25.0. The number of esters is 1. The summed E-state index contributed by atoms with van der Waals surface area (Å²) in [6.07, 6.45) is 86.7. The van der Waals surface area contributed by atoms with Gasteiger partial charge in [0.1, 0.15) is 19.3 Å². The van der Waals surface area contributed by atoms with Gasteiger partial charge in [-0.1, -0.05) is 285 Å². The van der Waals surface area contributed by atoms with Crippen molar-refractivity contribution in [2.24, 2.45) is 0 Å². The van der Waals surface area contributed by atoms with Gasteiger partial charge >= 0.3 is 5.97 Å². The lowest BCUT2D eigenvalue weighted by Crippen LogP contribution is -2.47. The molecule has 0 aromatic carbocycles. The lowest BCUT2D eigenvalue weighted by molar-refractivity contribution is -0.870. The second-order valence-corrected chi connectivity index (χ2v) is 26.4. The summed E-state index contributed by atoms with van der Waals surface area (Å²) in [5, 5.41) is 3.04. The summed E-state index contributed by atoms with van der Waals surface area (Å²) in [5.41, 5.74) is 0. The molecule has 10 heteroatoms. The summed E-state index contributed by atoms with van der Waals surface area (Å²) >= 11 is 0. The highest BCUT2D eigenvalue weighted by atomic mass is 31.2. The molecule has 9 nitrogen and oxygen atoms in total. The number of allylic oxidation sites excluding steroid dienone is 15. The lowest BCUT2D eigenvalue weighted by Gasteiger charge is -2.30. The number of ether oxygens (including phenoxy) is 1. The third kappa shape index (κ3) is 65.2. The Morgan fingerprint density at radius 2 is 0.718 bits per heavy atom. The maximum Gasteiger partial charge on any atom is 0.306 e. The van der Waals surface area contributed by atoms with Gasteiger partial charge in [-0.15, -0.1) is 0 Å². The molecule has 0 aromatic rings. The molecular formula is C75H135N2O7P. The van der Waals surface area contributed by atoms with Crippen molar-refractivity contribution in [3.05, 3.63) is 97.2 Å². The molecule has 1 amide bonds. The summed E-state index contributed by atoms with van der Waals surface area (Å²) in [6, 6.07) is -0.899. The standard InChI is InChI=1S/C75H135N2O7P/c1-7-10-13-16-19-22-25-27-29-31-33-35-36-37-38-39-40-42-43-45-47-49-52-55-58-61-64-67-74(78)76-72(71-83-85(80,81)82-70-69-77(4,5)6)73(66-63-60-57-54-51-24-21-18-15-12-9-3)84-75(79)68-65-62-59-56-53-50-48-46-44-41-34-32-30-28-26-23-20-17-14-11-8-2/h19-20,22-23,27-30,33-35,37-38,41,63,66,72-73H,7-18,21,24-26,31-32,36,39-40,42-62,64-65,67-71H2,1-6H3,(H-,76,78,80,81)/b22-19-,23-20-,29-27-,30-28-,35-33-,38-37-,41-34-,66-63-. The summed E-state index contributed by atoms with van der Waals surface area (Å²) in [6.45, 7) is 6.79. The number of amides is 1. The van der Waals surface area contributed by atoms with Crippen molar-refractivity contribution >= 4 is 19.7 Å². The molecule has 0 saturated heterocycles. The number of phosphoric ester groups is 1. The number of likely N-dealkylation sites (N-methyl/N-ethyl adjacent to an activating group) is 1. The molecule has 0 radical (unpaired) electrons. The van der Waals surface area contributed by atoms with Crippen LogP contribution in [0.5, 0.6) is 0 Å². The number of hydrogen-bond donors (Lipinski definition) is 1. The first-order valence-corrected chi connectivity index (χ1v) is 37.0. The van der Waals surface area contributed by atoms with Crippen LogP contribution < -0.4 is 10.2 Å². The van der Waals surface area contributed by atoms with Crippen LogP contribution in [0.4, 0.5) is 0 Å². The van der Waals surface area contributed by atoms with Gasteiger partial charge in [0.05, 0.1) is 33.8 Å². The van der Waals surface area contributed by atoms with Gasteiger partial charge in [0.15, 0.2) is 0 Å². The Balaban J connectivity index is 5.04. The van der Waals surface area contributed by atoms with Crippen molar-refractivity contribution < 1.29 is 37.3 Å². The lowest BCUT2D eigenvalue weighted by atomic mass is 10.0. The zero-order valence-corrected chi connectivity index (χ0v) is 57.2. The summed E-state index contributed by atoms with van der Waals surface area (Å²) in [5.74, 6) is -0.550. The number of rotatable bonds is 64. The topological polar surface area (TPSA) is 114 Å². The summed E-state index contributed by atoms with van der Waals surface area (Å²) in [4.78, 5) is 40.2. The van der Waals surface area contributed by atoms with Crippen LogP contribution >= 0.6 is 7.82 Å². The van der Waals surface area contributed by atoms with E-state index in [0.29, 0.717) is 17.4 Å².